The molecular weight excluding hydrogens is 262 g/mol. The van der Waals surface area contributed by atoms with Crippen LogP contribution in [-0.2, 0) is 4.79 Å². The zero-order valence-corrected chi connectivity index (χ0v) is 12.0. The van der Waals surface area contributed by atoms with Gasteiger partial charge in [-0.15, -0.1) is 0 Å². The van der Waals surface area contributed by atoms with Crippen molar-refractivity contribution in [3.05, 3.63) is 22.4 Å². The van der Waals surface area contributed by atoms with Crippen molar-refractivity contribution in [1.82, 2.24) is 10.6 Å². The molecule has 0 radical (unpaired) electrons. The third-order valence-corrected chi connectivity index (χ3v) is 3.25. The molecule has 0 aliphatic rings. The number of nitrogens with one attached hydrogen (secondary N) is 2. The van der Waals surface area contributed by atoms with Crippen LogP contribution in [0.4, 0.5) is 0 Å². The highest BCUT2D eigenvalue weighted by Crippen LogP contribution is 2.05. The van der Waals surface area contributed by atoms with Crippen molar-refractivity contribution in [3.8, 4) is 0 Å². The number of nitrogens with two attached hydrogens (primary N) is 1. The molecule has 2 amide bonds. The maximum atomic E-state index is 11.6. The molecule has 0 spiro atoms. The van der Waals surface area contributed by atoms with E-state index in [0.717, 1.165) is 6.42 Å². The van der Waals surface area contributed by atoms with E-state index in [4.69, 9.17) is 5.73 Å². The minimum Gasteiger partial charge on any atom is -0.356 e. The lowest BCUT2D eigenvalue weighted by atomic mass is 10.2. The van der Waals surface area contributed by atoms with Gasteiger partial charge < -0.3 is 16.4 Å². The molecule has 0 bridgehead atoms. The van der Waals surface area contributed by atoms with Crippen molar-refractivity contribution in [2.75, 3.05) is 13.1 Å². The maximum Gasteiger partial charge on any atom is 0.252 e. The topological polar surface area (TPSA) is 84.2 Å². The Labute approximate surface area is 117 Å². The fourth-order valence-electron chi connectivity index (χ4n) is 1.47. The van der Waals surface area contributed by atoms with E-state index in [2.05, 4.69) is 10.6 Å². The SMILES string of the molecule is CC(N)CCNC(=O)CCCNC(=O)c1ccsc1. The molecule has 0 saturated carbocycles. The molecule has 4 N–H and O–H groups in total. The smallest absolute Gasteiger partial charge is 0.252 e. The van der Waals surface area contributed by atoms with Crippen LogP contribution in [0.2, 0.25) is 0 Å². The Morgan fingerprint density at radius 3 is 2.79 bits per heavy atom. The van der Waals surface area contributed by atoms with Crippen LogP contribution in [0.3, 0.4) is 0 Å². The Balaban J connectivity index is 2.04. The van der Waals surface area contributed by atoms with Crippen LogP contribution in [0.25, 0.3) is 0 Å². The van der Waals surface area contributed by atoms with Crippen LogP contribution in [0.1, 0.15) is 36.5 Å². The van der Waals surface area contributed by atoms with Gasteiger partial charge in [0.15, 0.2) is 0 Å². The average molecular weight is 283 g/mol. The van der Waals surface area contributed by atoms with Crippen LogP contribution in [0.5, 0.6) is 0 Å². The normalized spacial score (nSPS) is 11.9. The van der Waals surface area contributed by atoms with Crippen LogP contribution in [-0.4, -0.2) is 30.9 Å². The van der Waals surface area contributed by atoms with Crippen LogP contribution in [0.15, 0.2) is 16.8 Å². The van der Waals surface area contributed by atoms with Gasteiger partial charge >= 0.3 is 0 Å². The Hall–Kier alpha value is -1.40. The third kappa shape index (κ3) is 6.93. The van der Waals surface area contributed by atoms with E-state index in [1.165, 1.54) is 11.3 Å². The quantitative estimate of drug-likeness (QED) is 0.625. The van der Waals surface area contributed by atoms with E-state index in [-0.39, 0.29) is 17.9 Å². The summed E-state index contributed by atoms with van der Waals surface area (Å²) < 4.78 is 0. The summed E-state index contributed by atoms with van der Waals surface area (Å²) in [6, 6.07) is 1.88. The molecular formula is C13H21N3O2S. The molecule has 0 aliphatic heterocycles. The molecule has 0 saturated heterocycles. The Morgan fingerprint density at radius 1 is 1.37 bits per heavy atom. The van der Waals surface area contributed by atoms with E-state index in [1.54, 1.807) is 11.4 Å². The summed E-state index contributed by atoms with van der Waals surface area (Å²) in [5.41, 5.74) is 6.25. The monoisotopic (exact) mass is 283 g/mol. The summed E-state index contributed by atoms with van der Waals surface area (Å²) in [7, 11) is 0. The molecule has 6 heteroatoms. The molecule has 1 aromatic heterocycles. The van der Waals surface area contributed by atoms with Gasteiger partial charge in [-0.3, -0.25) is 9.59 Å². The van der Waals surface area contributed by atoms with Gasteiger partial charge in [-0.05, 0) is 31.2 Å². The van der Waals surface area contributed by atoms with Crippen molar-refractivity contribution in [1.29, 1.82) is 0 Å². The van der Waals surface area contributed by atoms with Gasteiger partial charge in [0.05, 0.1) is 0 Å². The molecule has 1 rings (SSSR count). The molecule has 19 heavy (non-hydrogen) atoms. The molecule has 0 aromatic carbocycles. The van der Waals surface area contributed by atoms with Gasteiger partial charge in [-0.25, -0.2) is 0 Å². The van der Waals surface area contributed by atoms with Crippen molar-refractivity contribution in [2.45, 2.75) is 32.2 Å². The number of hydrogen-bond donors (Lipinski definition) is 3. The average Bonchev–Trinajstić information content (AvgIpc) is 2.87. The first-order chi connectivity index (χ1) is 9.09. The predicted molar refractivity (Wildman–Crippen MR) is 77.2 cm³/mol. The van der Waals surface area contributed by atoms with Gasteiger partial charge in [0.25, 0.3) is 5.91 Å². The lowest BCUT2D eigenvalue weighted by molar-refractivity contribution is -0.121. The Morgan fingerprint density at radius 2 is 2.16 bits per heavy atom. The number of thiophene rings is 1. The zero-order valence-electron chi connectivity index (χ0n) is 11.1. The lowest BCUT2D eigenvalue weighted by Crippen LogP contribution is -2.30. The first-order valence-electron chi connectivity index (χ1n) is 6.42. The summed E-state index contributed by atoms with van der Waals surface area (Å²) >= 11 is 1.49. The number of rotatable bonds is 8. The van der Waals surface area contributed by atoms with E-state index in [1.807, 2.05) is 12.3 Å². The van der Waals surface area contributed by atoms with Crippen LogP contribution < -0.4 is 16.4 Å². The highest BCUT2D eigenvalue weighted by Gasteiger charge is 2.05. The predicted octanol–water partition coefficient (Wildman–Crippen LogP) is 1.11. The van der Waals surface area contributed by atoms with E-state index in [0.29, 0.717) is 31.5 Å². The standard InChI is InChI=1S/C13H21N3O2S/c1-10(14)4-7-15-12(17)3-2-6-16-13(18)11-5-8-19-9-11/h5,8-10H,2-4,6-7,14H2,1H3,(H,15,17)(H,16,18). The van der Waals surface area contributed by atoms with Gasteiger partial charge in [0.2, 0.25) is 5.91 Å². The Bertz CT molecular complexity index is 391. The third-order valence-electron chi connectivity index (χ3n) is 2.57. The van der Waals surface area contributed by atoms with Crippen molar-refractivity contribution >= 4 is 23.2 Å². The van der Waals surface area contributed by atoms with E-state index < -0.39 is 0 Å². The van der Waals surface area contributed by atoms with Gasteiger partial charge in [-0.2, -0.15) is 11.3 Å². The summed E-state index contributed by atoms with van der Waals surface area (Å²) in [5.74, 6) is -0.0796. The van der Waals surface area contributed by atoms with Crippen molar-refractivity contribution in [3.63, 3.8) is 0 Å². The maximum absolute atomic E-state index is 11.6. The molecule has 1 aromatic rings. The molecule has 5 nitrogen and oxygen atoms in total. The van der Waals surface area contributed by atoms with Crippen LogP contribution >= 0.6 is 11.3 Å². The molecule has 0 aliphatic carbocycles. The molecule has 106 valence electrons. The molecule has 1 heterocycles. The fraction of sp³-hybridized carbons (Fsp3) is 0.538. The summed E-state index contributed by atoms with van der Waals surface area (Å²) in [6.07, 6.45) is 1.84. The number of carbonyl (C=O) groups is 2. The van der Waals surface area contributed by atoms with Crippen molar-refractivity contribution < 1.29 is 9.59 Å². The van der Waals surface area contributed by atoms with E-state index >= 15 is 0 Å². The summed E-state index contributed by atoms with van der Waals surface area (Å²) in [4.78, 5) is 23.0. The molecule has 1 atom stereocenters. The summed E-state index contributed by atoms with van der Waals surface area (Å²) in [5, 5.41) is 9.25. The zero-order chi connectivity index (χ0) is 14.1. The highest BCUT2D eigenvalue weighted by molar-refractivity contribution is 7.08. The summed E-state index contributed by atoms with van der Waals surface area (Å²) in [6.45, 7) is 3.03. The lowest BCUT2D eigenvalue weighted by Gasteiger charge is -2.07. The largest absolute Gasteiger partial charge is 0.356 e. The minimum atomic E-state index is -0.0846. The highest BCUT2D eigenvalue weighted by atomic mass is 32.1. The molecule has 0 fully saturated rings. The molecule has 1 unspecified atom stereocenters. The second kappa shape index (κ2) is 8.66. The second-order valence-corrected chi connectivity index (χ2v) is 5.27. The first kappa shape index (κ1) is 15.7. The second-order valence-electron chi connectivity index (χ2n) is 4.49. The van der Waals surface area contributed by atoms with Gasteiger partial charge in [0.1, 0.15) is 0 Å². The van der Waals surface area contributed by atoms with E-state index in [9.17, 15) is 9.59 Å². The van der Waals surface area contributed by atoms with Crippen LogP contribution in [0, 0.1) is 0 Å². The van der Waals surface area contributed by atoms with Gasteiger partial charge in [0, 0.05) is 36.5 Å². The number of carbonyl (C=O) groups excluding carboxylic acids is 2. The number of hydrogen-bond acceptors (Lipinski definition) is 4. The minimum absolute atomic E-state index is 0.00503. The van der Waals surface area contributed by atoms with Gasteiger partial charge in [-0.1, -0.05) is 0 Å². The number of amides is 2. The fourth-order valence-corrected chi connectivity index (χ4v) is 2.11. The Kier molecular flexibility index (Phi) is 7.14. The first-order valence-corrected chi connectivity index (χ1v) is 7.36. The van der Waals surface area contributed by atoms with Crippen molar-refractivity contribution in [2.24, 2.45) is 5.73 Å².